The first-order valence-electron chi connectivity index (χ1n) is 4.40. The van der Waals surface area contributed by atoms with Crippen LogP contribution in [0.5, 0.6) is 5.75 Å². The van der Waals surface area contributed by atoms with Crippen molar-refractivity contribution in [2.75, 3.05) is 7.11 Å². The normalized spacial score (nSPS) is 13.0. The maximum atomic E-state index is 12.5. The molecule has 1 aromatic rings. The summed E-state index contributed by atoms with van der Waals surface area (Å²) in [5.41, 5.74) is 0.127. The van der Waals surface area contributed by atoms with Crippen molar-refractivity contribution >= 4 is 5.97 Å². The Kier molecular flexibility index (Phi) is 3.93. The van der Waals surface area contributed by atoms with Gasteiger partial charge < -0.3 is 9.47 Å². The molecule has 1 rings (SSSR count). The highest BCUT2D eigenvalue weighted by Crippen LogP contribution is 2.26. The topological polar surface area (TPSA) is 35.5 Å². The zero-order valence-electron chi connectivity index (χ0n) is 8.62. The van der Waals surface area contributed by atoms with Crippen molar-refractivity contribution in [3.63, 3.8) is 0 Å². The summed E-state index contributed by atoms with van der Waals surface area (Å²) in [6.45, 7) is 0. The Bertz CT molecular complexity index is 386. The smallest absolute Gasteiger partial charge is 0.457 e. The van der Waals surface area contributed by atoms with E-state index in [9.17, 15) is 22.4 Å². The number of benzene rings is 1. The van der Waals surface area contributed by atoms with E-state index in [0.29, 0.717) is 0 Å². The lowest BCUT2D eigenvalue weighted by atomic mass is 10.2. The molecule has 3 nitrogen and oxygen atoms in total. The molecule has 0 N–H and O–H groups in total. The summed E-state index contributed by atoms with van der Waals surface area (Å²) in [4.78, 5) is 11.0. The van der Waals surface area contributed by atoms with Crippen molar-refractivity contribution in [1.82, 2.24) is 0 Å². The minimum atomic E-state index is -5.08. The summed E-state index contributed by atoms with van der Waals surface area (Å²) < 4.78 is 56.3. The average molecular weight is 252 g/mol. The maximum Gasteiger partial charge on any atom is 0.457 e. The third-order valence-electron chi connectivity index (χ3n) is 1.77. The Morgan fingerprint density at radius 2 is 1.76 bits per heavy atom. The van der Waals surface area contributed by atoms with Crippen molar-refractivity contribution in [3.05, 3.63) is 29.8 Å². The summed E-state index contributed by atoms with van der Waals surface area (Å²) in [6.07, 6.45) is -8.48. The van der Waals surface area contributed by atoms with Gasteiger partial charge in [0.1, 0.15) is 5.75 Å². The van der Waals surface area contributed by atoms with Crippen molar-refractivity contribution < 1.29 is 31.8 Å². The number of hydrogen-bond donors (Lipinski definition) is 0. The number of carbonyl (C=O) groups is 1. The molecule has 0 spiro atoms. The number of methoxy groups -OCH3 is 1. The third-order valence-corrected chi connectivity index (χ3v) is 1.77. The van der Waals surface area contributed by atoms with Gasteiger partial charge in [-0.3, -0.25) is 0 Å². The molecular weight excluding hydrogens is 244 g/mol. The highest BCUT2D eigenvalue weighted by atomic mass is 19.4. The number of carbonyl (C=O) groups excluding carboxylic acids is 1. The quantitative estimate of drug-likeness (QED) is 0.613. The van der Waals surface area contributed by atoms with Crippen molar-refractivity contribution in [3.8, 4) is 5.75 Å². The van der Waals surface area contributed by atoms with Crippen molar-refractivity contribution in [1.29, 1.82) is 0 Å². The summed E-state index contributed by atoms with van der Waals surface area (Å²) in [5.74, 6) is -0.980. The van der Waals surface area contributed by atoms with Crippen LogP contribution in [0.4, 0.5) is 17.6 Å². The van der Waals surface area contributed by atoms with Crippen LogP contribution in [0.3, 0.4) is 0 Å². The molecule has 7 heteroatoms. The highest BCUT2D eigenvalue weighted by Gasteiger charge is 2.42. The number of esters is 1. The molecular formula is C10H8F4O3. The molecule has 0 amide bonds. The summed E-state index contributed by atoms with van der Waals surface area (Å²) in [6, 6.07) is 4.43. The average Bonchev–Trinajstić information content (AvgIpc) is 2.27. The summed E-state index contributed by atoms with van der Waals surface area (Å²) in [7, 11) is 1.16. The Morgan fingerprint density at radius 3 is 2.18 bits per heavy atom. The monoisotopic (exact) mass is 252 g/mol. The Morgan fingerprint density at radius 1 is 1.24 bits per heavy atom. The van der Waals surface area contributed by atoms with E-state index in [1.165, 1.54) is 12.1 Å². The van der Waals surface area contributed by atoms with Crippen molar-refractivity contribution in [2.24, 2.45) is 0 Å². The van der Waals surface area contributed by atoms with E-state index in [1.807, 2.05) is 0 Å². The fraction of sp³-hybridized carbons (Fsp3) is 0.300. The zero-order chi connectivity index (χ0) is 13.1. The van der Waals surface area contributed by atoms with Crippen LogP contribution in [0.25, 0.3) is 0 Å². The van der Waals surface area contributed by atoms with E-state index < -0.39 is 18.5 Å². The van der Waals surface area contributed by atoms with Crippen LogP contribution in [0.15, 0.2) is 24.3 Å². The summed E-state index contributed by atoms with van der Waals surface area (Å²) >= 11 is 0. The number of halogens is 4. The van der Waals surface area contributed by atoms with Crippen LogP contribution >= 0.6 is 0 Å². The van der Waals surface area contributed by atoms with Crippen LogP contribution in [-0.4, -0.2) is 25.6 Å². The van der Waals surface area contributed by atoms with E-state index in [2.05, 4.69) is 9.47 Å². The van der Waals surface area contributed by atoms with Crippen LogP contribution in [-0.2, 0) is 4.74 Å². The standard InChI is InChI=1S/C10H8F4O3/c1-16-8(15)6-2-4-7(5-3-6)17-9(11)10(12,13)14/h2-5,9H,1H3. The van der Waals surface area contributed by atoms with Gasteiger partial charge in [0, 0.05) is 0 Å². The van der Waals surface area contributed by atoms with E-state index in [1.54, 1.807) is 0 Å². The van der Waals surface area contributed by atoms with Gasteiger partial charge in [-0.15, -0.1) is 0 Å². The molecule has 0 aliphatic heterocycles. The Labute approximate surface area is 93.9 Å². The van der Waals surface area contributed by atoms with Gasteiger partial charge in [0.2, 0.25) is 0 Å². The van der Waals surface area contributed by atoms with Gasteiger partial charge in [-0.25, -0.2) is 4.79 Å². The predicted molar refractivity (Wildman–Crippen MR) is 49.4 cm³/mol. The van der Waals surface area contributed by atoms with Crippen LogP contribution in [0.2, 0.25) is 0 Å². The SMILES string of the molecule is COC(=O)c1ccc(OC(F)C(F)(F)F)cc1. The molecule has 0 saturated carbocycles. The van der Waals surface area contributed by atoms with Gasteiger partial charge in [0.25, 0.3) is 0 Å². The van der Waals surface area contributed by atoms with Gasteiger partial charge >= 0.3 is 18.5 Å². The molecule has 0 bridgehead atoms. The molecule has 1 unspecified atom stereocenters. The molecule has 0 fully saturated rings. The number of alkyl halides is 4. The predicted octanol–water partition coefficient (Wildman–Crippen LogP) is 2.71. The fourth-order valence-corrected chi connectivity index (χ4v) is 0.974. The van der Waals surface area contributed by atoms with E-state index >= 15 is 0 Å². The Hall–Kier alpha value is -1.79. The molecule has 0 radical (unpaired) electrons. The number of hydrogen-bond acceptors (Lipinski definition) is 3. The van der Waals surface area contributed by atoms with E-state index in [-0.39, 0.29) is 11.3 Å². The van der Waals surface area contributed by atoms with Gasteiger partial charge in [-0.1, -0.05) is 0 Å². The van der Waals surface area contributed by atoms with Gasteiger partial charge in [-0.05, 0) is 24.3 Å². The first-order chi connectivity index (χ1) is 7.84. The molecule has 1 aromatic carbocycles. The second-order valence-electron chi connectivity index (χ2n) is 2.99. The first-order valence-corrected chi connectivity index (χ1v) is 4.40. The van der Waals surface area contributed by atoms with Crippen molar-refractivity contribution in [2.45, 2.75) is 12.5 Å². The lowest BCUT2D eigenvalue weighted by Gasteiger charge is -2.14. The summed E-state index contributed by atoms with van der Waals surface area (Å²) in [5, 5.41) is 0. The number of ether oxygens (including phenoxy) is 2. The molecule has 1 atom stereocenters. The molecule has 0 aliphatic rings. The van der Waals surface area contributed by atoms with Gasteiger partial charge in [-0.2, -0.15) is 17.6 Å². The van der Waals surface area contributed by atoms with Crippen LogP contribution < -0.4 is 4.74 Å². The molecule has 17 heavy (non-hydrogen) atoms. The molecule has 0 saturated heterocycles. The highest BCUT2D eigenvalue weighted by molar-refractivity contribution is 5.89. The largest absolute Gasteiger partial charge is 0.465 e. The molecule has 94 valence electrons. The van der Waals surface area contributed by atoms with Gasteiger partial charge in [0.05, 0.1) is 12.7 Å². The Balaban J connectivity index is 2.72. The van der Waals surface area contributed by atoms with Gasteiger partial charge in [0.15, 0.2) is 0 Å². The lowest BCUT2D eigenvalue weighted by Crippen LogP contribution is -2.29. The second kappa shape index (κ2) is 5.03. The minimum Gasteiger partial charge on any atom is -0.465 e. The molecule has 0 aromatic heterocycles. The minimum absolute atomic E-state index is 0.127. The second-order valence-corrected chi connectivity index (χ2v) is 2.99. The van der Waals surface area contributed by atoms with E-state index in [0.717, 1.165) is 19.2 Å². The molecule has 0 heterocycles. The first kappa shape index (κ1) is 13.3. The number of rotatable bonds is 3. The zero-order valence-corrected chi connectivity index (χ0v) is 8.62. The van der Waals surface area contributed by atoms with Crippen LogP contribution in [0.1, 0.15) is 10.4 Å². The fourth-order valence-electron chi connectivity index (χ4n) is 0.974. The molecule has 0 aliphatic carbocycles. The lowest BCUT2D eigenvalue weighted by molar-refractivity contribution is -0.236. The maximum absolute atomic E-state index is 12.5. The van der Waals surface area contributed by atoms with Crippen LogP contribution in [0, 0.1) is 0 Å². The van der Waals surface area contributed by atoms with E-state index in [4.69, 9.17) is 0 Å². The third kappa shape index (κ3) is 3.61.